The first-order valence-electron chi connectivity index (χ1n) is 11.2. The van der Waals surface area contributed by atoms with Crippen LogP contribution >= 0.6 is 22.7 Å². The van der Waals surface area contributed by atoms with Crippen LogP contribution in [0.2, 0.25) is 0 Å². The van der Waals surface area contributed by atoms with E-state index in [1.165, 1.54) is 27.1 Å². The fourth-order valence-electron chi connectivity index (χ4n) is 4.69. The second-order valence-electron chi connectivity index (χ2n) is 8.25. The monoisotopic (exact) mass is 471 g/mol. The normalized spacial score (nSPS) is 15.3. The van der Waals surface area contributed by atoms with Crippen molar-refractivity contribution < 1.29 is 14.3 Å². The molecule has 0 aromatic carbocycles. The largest absolute Gasteiger partial charge is 0.462 e. The number of thiophene rings is 2. The third kappa shape index (κ3) is 3.77. The van der Waals surface area contributed by atoms with Gasteiger partial charge >= 0.3 is 5.97 Å². The second kappa shape index (κ2) is 8.78. The van der Waals surface area contributed by atoms with Crippen molar-refractivity contribution in [3.05, 3.63) is 43.1 Å². The van der Waals surface area contributed by atoms with Gasteiger partial charge in [0.1, 0.15) is 16.4 Å². The van der Waals surface area contributed by atoms with E-state index in [1.807, 2.05) is 0 Å². The van der Waals surface area contributed by atoms with E-state index < -0.39 is 5.97 Å². The van der Waals surface area contributed by atoms with Gasteiger partial charge in [-0.25, -0.2) is 9.78 Å². The molecule has 1 N–H and O–H groups in total. The summed E-state index contributed by atoms with van der Waals surface area (Å²) in [6.07, 6.45) is 9.40. The summed E-state index contributed by atoms with van der Waals surface area (Å²) in [5.74, 6) is -0.742. The fourth-order valence-corrected chi connectivity index (χ4v) is 7.20. The van der Waals surface area contributed by atoms with E-state index in [-0.39, 0.29) is 24.6 Å². The van der Waals surface area contributed by atoms with Gasteiger partial charge in [0.05, 0.1) is 23.9 Å². The second-order valence-corrected chi connectivity index (χ2v) is 10.4. The highest BCUT2D eigenvalue weighted by Crippen LogP contribution is 2.38. The molecule has 9 heteroatoms. The minimum absolute atomic E-state index is 0.142. The van der Waals surface area contributed by atoms with Crippen molar-refractivity contribution in [3.8, 4) is 0 Å². The molecule has 0 saturated carbocycles. The molecule has 5 rings (SSSR count). The molecule has 3 aromatic heterocycles. The zero-order valence-electron chi connectivity index (χ0n) is 18.0. The van der Waals surface area contributed by atoms with Crippen LogP contribution < -0.4 is 10.9 Å². The molecule has 1 amide bonds. The van der Waals surface area contributed by atoms with E-state index in [0.29, 0.717) is 16.0 Å². The summed E-state index contributed by atoms with van der Waals surface area (Å²) in [5, 5.41) is 4.07. The number of hydrogen-bond donors (Lipinski definition) is 1. The van der Waals surface area contributed by atoms with E-state index in [1.54, 1.807) is 18.3 Å². The molecular formula is C23H25N3O4S2. The van der Waals surface area contributed by atoms with Crippen molar-refractivity contribution in [2.75, 3.05) is 11.9 Å². The van der Waals surface area contributed by atoms with Gasteiger partial charge in [-0.15, -0.1) is 22.7 Å². The number of fused-ring (bicyclic) bond motifs is 4. The molecule has 0 unspecified atom stereocenters. The minimum atomic E-state index is -0.396. The maximum Gasteiger partial charge on any atom is 0.341 e. The summed E-state index contributed by atoms with van der Waals surface area (Å²) < 4.78 is 6.63. The fraction of sp³-hybridized carbons (Fsp3) is 0.478. The Morgan fingerprint density at radius 1 is 1.06 bits per heavy atom. The Morgan fingerprint density at radius 3 is 2.50 bits per heavy atom. The average molecular weight is 472 g/mol. The van der Waals surface area contributed by atoms with Gasteiger partial charge in [-0.1, -0.05) is 0 Å². The van der Waals surface area contributed by atoms with E-state index in [0.717, 1.165) is 72.2 Å². The number of rotatable bonds is 5. The summed E-state index contributed by atoms with van der Waals surface area (Å²) in [6, 6.07) is 0. The number of aryl methyl sites for hydroxylation is 3. The Bertz CT molecular complexity index is 1270. The lowest BCUT2D eigenvalue weighted by Crippen LogP contribution is -2.28. The molecule has 0 bridgehead atoms. The van der Waals surface area contributed by atoms with E-state index in [2.05, 4.69) is 10.3 Å². The highest BCUT2D eigenvalue weighted by molar-refractivity contribution is 7.18. The third-order valence-corrected chi connectivity index (χ3v) is 8.57. The summed E-state index contributed by atoms with van der Waals surface area (Å²) in [6.45, 7) is 1.91. The first-order valence-corrected chi connectivity index (χ1v) is 12.8. The highest BCUT2D eigenvalue weighted by Gasteiger charge is 2.27. The number of carbonyl (C=O) groups excluding carboxylic acids is 2. The third-order valence-electron chi connectivity index (χ3n) is 6.16. The summed E-state index contributed by atoms with van der Waals surface area (Å²) in [4.78, 5) is 46.3. The van der Waals surface area contributed by atoms with Crippen LogP contribution in [-0.4, -0.2) is 28.0 Å². The number of hydrogen-bond acceptors (Lipinski definition) is 7. The molecule has 32 heavy (non-hydrogen) atoms. The van der Waals surface area contributed by atoms with Crippen LogP contribution in [0.15, 0.2) is 11.1 Å². The van der Waals surface area contributed by atoms with Crippen LogP contribution in [0.5, 0.6) is 0 Å². The van der Waals surface area contributed by atoms with Crippen molar-refractivity contribution in [1.29, 1.82) is 0 Å². The predicted molar refractivity (Wildman–Crippen MR) is 126 cm³/mol. The molecule has 0 spiro atoms. The molecule has 168 valence electrons. The number of carbonyl (C=O) groups is 2. The van der Waals surface area contributed by atoms with Gasteiger partial charge in [0, 0.05) is 9.75 Å². The van der Waals surface area contributed by atoms with E-state index in [9.17, 15) is 14.4 Å². The lowest BCUT2D eigenvalue weighted by molar-refractivity contribution is -0.116. The molecule has 2 aliphatic rings. The molecule has 7 nitrogen and oxygen atoms in total. The number of nitrogens with one attached hydrogen (secondary N) is 1. The van der Waals surface area contributed by atoms with Crippen LogP contribution in [0.1, 0.15) is 63.8 Å². The number of esters is 1. The Hall–Kier alpha value is -2.52. The Kier molecular flexibility index (Phi) is 5.86. The zero-order chi connectivity index (χ0) is 22.2. The molecule has 3 heterocycles. The first-order chi connectivity index (χ1) is 15.6. The van der Waals surface area contributed by atoms with Crippen molar-refractivity contribution >= 4 is 49.8 Å². The molecular weight excluding hydrogens is 446 g/mol. The van der Waals surface area contributed by atoms with Crippen LogP contribution in [0, 0.1) is 0 Å². The zero-order valence-corrected chi connectivity index (χ0v) is 19.6. The molecule has 0 atom stereocenters. The maximum absolute atomic E-state index is 13.1. The quantitative estimate of drug-likeness (QED) is 0.566. The van der Waals surface area contributed by atoms with Gasteiger partial charge in [0.2, 0.25) is 5.91 Å². The summed E-state index contributed by atoms with van der Waals surface area (Å²) in [5.41, 5.74) is 2.42. The van der Waals surface area contributed by atoms with Gasteiger partial charge in [0.15, 0.2) is 0 Å². The summed E-state index contributed by atoms with van der Waals surface area (Å²) in [7, 11) is 0. The molecule has 0 fully saturated rings. The molecule has 0 saturated heterocycles. The molecule has 0 radical (unpaired) electrons. The van der Waals surface area contributed by atoms with Crippen molar-refractivity contribution in [2.24, 2.45) is 0 Å². The van der Waals surface area contributed by atoms with Gasteiger partial charge in [-0.05, 0) is 69.4 Å². The van der Waals surface area contributed by atoms with Gasteiger partial charge in [-0.2, -0.15) is 0 Å². The average Bonchev–Trinajstić information content (AvgIpc) is 3.34. The van der Waals surface area contributed by atoms with E-state index >= 15 is 0 Å². The van der Waals surface area contributed by atoms with Crippen LogP contribution in [0.25, 0.3) is 10.2 Å². The van der Waals surface area contributed by atoms with Gasteiger partial charge in [-0.3, -0.25) is 14.2 Å². The Labute approximate surface area is 193 Å². The lowest BCUT2D eigenvalue weighted by Gasteiger charge is -2.12. The predicted octanol–water partition coefficient (Wildman–Crippen LogP) is 4.09. The molecule has 2 aliphatic carbocycles. The minimum Gasteiger partial charge on any atom is -0.462 e. The standard InChI is InChI=1S/C23H25N3O4S2/c1-2-30-23(29)19-14-8-4-6-10-16(14)32-21(19)25-17(27)11-26-12-24-20-18(22(26)28)13-7-3-5-9-15(13)31-20/h12H,2-11H2,1H3,(H,25,27). The molecule has 0 aliphatic heterocycles. The Balaban J connectivity index is 1.42. The number of nitrogens with zero attached hydrogens (tertiary/aromatic N) is 2. The van der Waals surface area contributed by atoms with Gasteiger partial charge < -0.3 is 10.1 Å². The number of aromatic nitrogens is 2. The lowest BCUT2D eigenvalue weighted by atomic mass is 9.95. The van der Waals surface area contributed by atoms with Crippen LogP contribution in [0.3, 0.4) is 0 Å². The summed E-state index contributed by atoms with van der Waals surface area (Å²) >= 11 is 3.04. The number of amides is 1. The molecule has 3 aromatic rings. The first kappa shape index (κ1) is 21.3. The maximum atomic E-state index is 13.1. The van der Waals surface area contributed by atoms with Crippen molar-refractivity contribution in [2.45, 2.75) is 64.8 Å². The van der Waals surface area contributed by atoms with E-state index in [4.69, 9.17) is 4.74 Å². The highest BCUT2D eigenvalue weighted by atomic mass is 32.1. The smallest absolute Gasteiger partial charge is 0.341 e. The Morgan fingerprint density at radius 2 is 1.75 bits per heavy atom. The topological polar surface area (TPSA) is 90.3 Å². The van der Waals surface area contributed by atoms with Crippen molar-refractivity contribution in [3.63, 3.8) is 0 Å². The number of anilines is 1. The SMILES string of the molecule is CCOC(=O)c1c(NC(=O)Cn2cnc3sc4c(c3c2=O)CCCC4)sc2c1CCCC2. The van der Waals surface area contributed by atoms with Gasteiger partial charge in [0.25, 0.3) is 5.56 Å². The van der Waals surface area contributed by atoms with Crippen LogP contribution in [-0.2, 0) is 41.8 Å². The van der Waals surface area contributed by atoms with Crippen molar-refractivity contribution in [1.82, 2.24) is 9.55 Å². The number of ether oxygens (including phenoxy) is 1. The van der Waals surface area contributed by atoms with Crippen LogP contribution in [0.4, 0.5) is 5.00 Å².